The van der Waals surface area contributed by atoms with Gasteiger partial charge >= 0.3 is 0 Å². The van der Waals surface area contributed by atoms with Crippen molar-refractivity contribution in [3.63, 3.8) is 0 Å². The van der Waals surface area contributed by atoms with Crippen molar-refractivity contribution in [3.8, 4) is 40.0 Å². The summed E-state index contributed by atoms with van der Waals surface area (Å²) in [4.78, 5) is 4.49. The van der Waals surface area contributed by atoms with Crippen molar-refractivity contribution in [2.24, 2.45) is 4.99 Å². The molecule has 3 aromatic carbocycles. The fraction of sp³-hybridized carbons (Fsp3) is 0.0769. The Kier molecular flexibility index (Phi) is 6.25. The Morgan fingerprint density at radius 2 is 1.53 bits per heavy atom. The molecule has 0 aliphatic rings. The second-order valence-corrected chi connectivity index (χ2v) is 7.22. The van der Waals surface area contributed by atoms with Crippen LogP contribution < -0.4 is 9.47 Å². The van der Waals surface area contributed by atoms with Gasteiger partial charge in [0.15, 0.2) is 0 Å². The number of hydrogen-bond acceptors (Lipinski definition) is 5. The number of furan rings is 1. The molecular weight excluding hydrogens is 424 g/mol. The van der Waals surface area contributed by atoms with Gasteiger partial charge in [0.1, 0.15) is 28.9 Å². The van der Waals surface area contributed by atoms with Crippen LogP contribution in [0.25, 0.3) is 22.5 Å². The minimum atomic E-state index is 0.208. The van der Waals surface area contributed by atoms with Gasteiger partial charge in [0.2, 0.25) is 5.88 Å². The molecule has 0 radical (unpaired) electrons. The summed E-state index contributed by atoms with van der Waals surface area (Å²) in [7, 11) is 3.08. The molecule has 0 unspecified atom stereocenters. The molecular formula is C26H19ClN2O3. The van der Waals surface area contributed by atoms with E-state index < -0.39 is 0 Å². The smallest absolute Gasteiger partial charge is 0.238 e. The Balaban J connectivity index is 1.87. The average Bonchev–Trinajstić information content (AvgIpc) is 3.22. The highest BCUT2D eigenvalue weighted by molar-refractivity contribution is 6.32. The SMILES string of the molecule is COc1cc(OC)c(C=Nc2oc(-c3ccccc3)c(-c3ccccc3)c2C#N)cc1Cl. The van der Waals surface area contributed by atoms with Crippen LogP contribution in [0.3, 0.4) is 0 Å². The molecule has 0 fully saturated rings. The van der Waals surface area contributed by atoms with Gasteiger partial charge in [-0.2, -0.15) is 5.26 Å². The van der Waals surface area contributed by atoms with E-state index in [4.69, 9.17) is 25.5 Å². The first-order chi connectivity index (χ1) is 15.7. The van der Waals surface area contributed by atoms with Crippen LogP contribution in [0.5, 0.6) is 11.5 Å². The van der Waals surface area contributed by atoms with Gasteiger partial charge in [0.05, 0.1) is 19.2 Å². The summed E-state index contributed by atoms with van der Waals surface area (Å²) >= 11 is 6.27. The van der Waals surface area contributed by atoms with Crippen molar-refractivity contribution in [2.75, 3.05) is 14.2 Å². The number of rotatable bonds is 6. The lowest BCUT2D eigenvalue weighted by molar-refractivity contribution is 0.394. The van der Waals surface area contributed by atoms with Crippen molar-refractivity contribution in [2.45, 2.75) is 0 Å². The monoisotopic (exact) mass is 442 g/mol. The molecule has 0 saturated heterocycles. The fourth-order valence-electron chi connectivity index (χ4n) is 3.40. The molecule has 0 aliphatic carbocycles. The molecule has 0 atom stereocenters. The van der Waals surface area contributed by atoms with Crippen LogP contribution in [0.4, 0.5) is 5.88 Å². The van der Waals surface area contributed by atoms with Crippen LogP contribution in [0.2, 0.25) is 5.02 Å². The second kappa shape index (κ2) is 9.42. The van der Waals surface area contributed by atoms with E-state index in [1.807, 2.05) is 60.7 Å². The predicted octanol–water partition coefficient (Wildman–Crippen LogP) is 6.91. The molecule has 32 heavy (non-hydrogen) atoms. The number of aliphatic imine (C=N–C) groups is 1. The summed E-state index contributed by atoms with van der Waals surface area (Å²) in [5.74, 6) is 1.82. The highest BCUT2D eigenvalue weighted by Gasteiger charge is 2.22. The third-order valence-electron chi connectivity index (χ3n) is 4.92. The zero-order valence-corrected chi connectivity index (χ0v) is 18.3. The van der Waals surface area contributed by atoms with Crippen molar-refractivity contribution >= 4 is 23.7 Å². The molecule has 0 aliphatic heterocycles. The Labute approximate surface area is 191 Å². The summed E-state index contributed by atoms with van der Waals surface area (Å²) in [6.07, 6.45) is 1.56. The Hall–Kier alpha value is -4.01. The quantitative estimate of drug-likeness (QED) is 0.304. The molecule has 1 heterocycles. The summed E-state index contributed by atoms with van der Waals surface area (Å²) in [6.45, 7) is 0. The van der Waals surface area contributed by atoms with Gasteiger partial charge < -0.3 is 13.9 Å². The van der Waals surface area contributed by atoms with E-state index in [0.29, 0.717) is 39.0 Å². The number of ether oxygens (including phenoxy) is 2. The van der Waals surface area contributed by atoms with Crippen LogP contribution in [-0.2, 0) is 0 Å². The number of halogens is 1. The maximum atomic E-state index is 9.98. The van der Waals surface area contributed by atoms with Gasteiger partial charge in [-0.25, -0.2) is 4.99 Å². The van der Waals surface area contributed by atoms with E-state index in [-0.39, 0.29) is 5.88 Å². The third-order valence-corrected chi connectivity index (χ3v) is 5.22. The molecule has 4 aromatic rings. The second-order valence-electron chi connectivity index (χ2n) is 6.82. The standard InChI is InChI=1S/C26H19ClN2O3/c1-30-22-14-23(31-2)21(27)13-19(22)16-29-26-20(15-28)24(17-9-5-3-6-10-17)25(32-26)18-11-7-4-8-12-18/h3-14,16H,1-2H3. The maximum Gasteiger partial charge on any atom is 0.238 e. The summed E-state index contributed by atoms with van der Waals surface area (Å²) < 4.78 is 16.8. The first kappa shape index (κ1) is 21.2. The third kappa shape index (κ3) is 4.09. The van der Waals surface area contributed by atoms with E-state index in [9.17, 15) is 5.26 Å². The lowest BCUT2D eigenvalue weighted by atomic mass is 9.98. The van der Waals surface area contributed by atoms with Crippen LogP contribution in [0, 0.1) is 11.3 Å². The van der Waals surface area contributed by atoms with Crippen LogP contribution >= 0.6 is 11.6 Å². The van der Waals surface area contributed by atoms with E-state index in [1.165, 1.54) is 7.11 Å². The molecule has 0 N–H and O–H groups in total. The van der Waals surface area contributed by atoms with Crippen LogP contribution in [0.1, 0.15) is 11.1 Å². The summed E-state index contributed by atoms with van der Waals surface area (Å²) in [5.41, 5.74) is 3.41. The molecule has 158 valence electrons. The highest BCUT2D eigenvalue weighted by Crippen LogP contribution is 2.42. The van der Waals surface area contributed by atoms with E-state index in [1.54, 1.807) is 25.5 Å². The highest BCUT2D eigenvalue weighted by atomic mass is 35.5. The van der Waals surface area contributed by atoms with Gasteiger partial charge in [-0.15, -0.1) is 0 Å². The number of benzene rings is 3. The number of nitriles is 1. The van der Waals surface area contributed by atoms with Gasteiger partial charge in [0, 0.05) is 29.0 Å². The lowest BCUT2D eigenvalue weighted by Crippen LogP contribution is -1.93. The molecule has 4 rings (SSSR count). The lowest BCUT2D eigenvalue weighted by Gasteiger charge is -2.08. The minimum Gasteiger partial charge on any atom is -0.496 e. The normalized spacial score (nSPS) is 10.8. The van der Waals surface area contributed by atoms with Gasteiger partial charge in [-0.05, 0) is 11.6 Å². The molecule has 0 spiro atoms. The van der Waals surface area contributed by atoms with Gasteiger partial charge in [-0.3, -0.25) is 0 Å². The molecule has 6 heteroatoms. The van der Waals surface area contributed by atoms with Crippen molar-refractivity contribution in [1.29, 1.82) is 5.26 Å². The van der Waals surface area contributed by atoms with Crippen molar-refractivity contribution in [3.05, 3.63) is 88.9 Å². The minimum absolute atomic E-state index is 0.208. The van der Waals surface area contributed by atoms with E-state index in [2.05, 4.69) is 11.1 Å². The number of nitrogens with zero attached hydrogens (tertiary/aromatic N) is 2. The summed E-state index contributed by atoms with van der Waals surface area (Å²) in [6, 6.07) is 24.9. The zero-order chi connectivity index (χ0) is 22.5. The molecule has 0 bridgehead atoms. The van der Waals surface area contributed by atoms with Crippen molar-refractivity contribution in [1.82, 2.24) is 0 Å². The zero-order valence-electron chi connectivity index (χ0n) is 17.5. The van der Waals surface area contributed by atoms with Gasteiger partial charge in [0.25, 0.3) is 0 Å². The average molecular weight is 443 g/mol. The van der Waals surface area contributed by atoms with E-state index in [0.717, 1.165) is 11.1 Å². The molecule has 1 aromatic heterocycles. The Morgan fingerprint density at radius 3 is 2.12 bits per heavy atom. The number of hydrogen-bond donors (Lipinski definition) is 0. The Morgan fingerprint density at radius 1 is 0.906 bits per heavy atom. The van der Waals surface area contributed by atoms with Crippen LogP contribution in [-0.4, -0.2) is 20.4 Å². The molecule has 5 nitrogen and oxygen atoms in total. The first-order valence-corrected chi connectivity index (χ1v) is 10.2. The Bertz CT molecular complexity index is 1310. The largest absolute Gasteiger partial charge is 0.496 e. The predicted molar refractivity (Wildman–Crippen MR) is 126 cm³/mol. The van der Waals surface area contributed by atoms with E-state index >= 15 is 0 Å². The van der Waals surface area contributed by atoms with Crippen molar-refractivity contribution < 1.29 is 13.9 Å². The van der Waals surface area contributed by atoms with Gasteiger partial charge in [-0.1, -0.05) is 72.3 Å². The molecule has 0 saturated carbocycles. The maximum absolute atomic E-state index is 9.98. The topological polar surface area (TPSA) is 67.8 Å². The number of methoxy groups -OCH3 is 2. The van der Waals surface area contributed by atoms with Crippen LogP contribution in [0.15, 0.2) is 82.2 Å². The fourth-order valence-corrected chi connectivity index (χ4v) is 3.65. The molecule has 0 amide bonds. The summed E-state index contributed by atoms with van der Waals surface area (Å²) in [5, 5.41) is 10.4. The first-order valence-electron chi connectivity index (χ1n) is 9.79.